The highest BCUT2D eigenvalue weighted by Gasteiger charge is 2.30. The second kappa shape index (κ2) is 7.25. The number of hydrogen-bond acceptors (Lipinski definition) is 4. The summed E-state index contributed by atoms with van der Waals surface area (Å²) in [4.78, 5) is 14.5. The van der Waals surface area contributed by atoms with E-state index in [0.29, 0.717) is 12.5 Å². The summed E-state index contributed by atoms with van der Waals surface area (Å²) >= 11 is 0. The number of esters is 1. The van der Waals surface area contributed by atoms with Crippen molar-refractivity contribution in [2.45, 2.75) is 45.6 Å². The first-order chi connectivity index (χ1) is 9.16. The Morgan fingerprint density at radius 1 is 1.21 bits per heavy atom. The maximum Gasteiger partial charge on any atom is 0.309 e. The van der Waals surface area contributed by atoms with Gasteiger partial charge in [0.15, 0.2) is 0 Å². The predicted octanol–water partition coefficient (Wildman–Crippen LogP) is 1.65. The number of ether oxygens (including phenoxy) is 1. The Labute approximate surface area is 116 Å². The van der Waals surface area contributed by atoms with Gasteiger partial charge in [0, 0.05) is 6.04 Å². The normalized spacial score (nSPS) is 23.7. The molecule has 0 aromatic carbocycles. The van der Waals surface area contributed by atoms with Gasteiger partial charge in [0.2, 0.25) is 0 Å². The number of nitrogens with zero attached hydrogens (tertiary/aromatic N) is 1. The van der Waals surface area contributed by atoms with Crippen molar-refractivity contribution in [2.75, 3.05) is 32.8 Å². The molecule has 0 saturated carbocycles. The Bertz CT molecular complexity index is 280. The average Bonchev–Trinajstić information content (AvgIpc) is 2.46. The lowest BCUT2D eigenvalue weighted by Gasteiger charge is -2.38. The van der Waals surface area contributed by atoms with Crippen LogP contribution in [0.2, 0.25) is 0 Å². The molecule has 0 aromatic heterocycles. The zero-order chi connectivity index (χ0) is 13.7. The van der Waals surface area contributed by atoms with Crippen molar-refractivity contribution in [1.29, 1.82) is 0 Å². The van der Waals surface area contributed by atoms with Crippen LogP contribution in [0, 0.1) is 11.8 Å². The number of carbonyl (C=O) groups excluding carboxylic acids is 1. The first-order valence-corrected chi connectivity index (χ1v) is 7.78. The number of piperidine rings is 2. The highest BCUT2D eigenvalue weighted by molar-refractivity contribution is 5.72. The third-order valence-electron chi connectivity index (χ3n) is 4.25. The molecule has 4 nitrogen and oxygen atoms in total. The molecule has 4 heteroatoms. The maximum atomic E-state index is 11.9. The number of likely N-dealkylation sites (tertiary alicyclic amines) is 1. The Hall–Kier alpha value is -0.610. The molecule has 2 aliphatic heterocycles. The topological polar surface area (TPSA) is 41.6 Å². The van der Waals surface area contributed by atoms with Crippen molar-refractivity contribution >= 4 is 5.97 Å². The smallest absolute Gasteiger partial charge is 0.309 e. The summed E-state index contributed by atoms with van der Waals surface area (Å²) in [6.07, 6.45) is 4.45. The summed E-state index contributed by atoms with van der Waals surface area (Å²) < 4.78 is 5.36. The van der Waals surface area contributed by atoms with Crippen molar-refractivity contribution in [3.63, 3.8) is 0 Å². The van der Waals surface area contributed by atoms with Gasteiger partial charge in [-0.2, -0.15) is 0 Å². The van der Waals surface area contributed by atoms with Crippen molar-refractivity contribution in [3.05, 3.63) is 0 Å². The molecule has 0 bridgehead atoms. The van der Waals surface area contributed by atoms with Gasteiger partial charge in [-0.1, -0.05) is 13.8 Å². The molecule has 0 radical (unpaired) electrons. The number of carbonyl (C=O) groups is 1. The molecule has 0 aromatic rings. The van der Waals surface area contributed by atoms with Crippen LogP contribution in [0.4, 0.5) is 0 Å². The van der Waals surface area contributed by atoms with Gasteiger partial charge in [-0.05, 0) is 57.8 Å². The van der Waals surface area contributed by atoms with Gasteiger partial charge < -0.3 is 15.0 Å². The molecule has 0 aliphatic carbocycles. The fourth-order valence-electron chi connectivity index (χ4n) is 3.04. The van der Waals surface area contributed by atoms with Crippen molar-refractivity contribution < 1.29 is 9.53 Å². The standard InChI is InChI=1S/C15H28N2O2/c1-12(2)11-19-15(18)13-5-9-17(10-6-13)14-3-7-16-8-4-14/h12-14,16H,3-11H2,1-2H3. The predicted molar refractivity (Wildman–Crippen MR) is 76.0 cm³/mol. The molecule has 2 heterocycles. The summed E-state index contributed by atoms with van der Waals surface area (Å²) in [7, 11) is 0. The van der Waals surface area contributed by atoms with Gasteiger partial charge in [0.1, 0.15) is 0 Å². The third-order valence-corrected chi connectivity index (χ3v) is 4.25. The van der Waals surface area contributed by atoms with Crippen molar-refractivity contribution in [2.24, 2.45) is 11.8 Å². The van der Waals surface area contributed by atoms with E-state index in [4.69, 9.17) is 4.74 Å². The minimum Gasteiger partial charge on any atom is -0.465 e. The molecule has 0 atom stereocenters. The lowest BCUT2D eigenvalue weighted by Crippen LogP contribution is -2.47. The van der Waals surface area contributed by atoms with E-state index >= 15 is 0 Å². The number of rotatable bonds is 4. The van der Waals surface area contributed by atoms with E-state index in [-0.39, 0.29) is 11.9 Å². The summed E-state index contributed by atoms with van der Waals surface area (Å²) in [5.41, 5.74) is 0. The number of nitrogens with one attached hydrogen (secondary N) is 1. The lowest BCUT2D eigenvalue weighted by molar-refractivity contribution is -0.151. The monoisotopic (exact) mass is 268 g/mol. The van der Waals surface area contributed by atoms with Gasteiger partial charge in [0.25, 0.3) is 0 Å². The van der Waals surface area contributed by atoms with Crippen LogP contribution < -0.4 is 5.32 Å². The van der Waals surface area contributed by atoms with E-state index < -0.39 is 0 Å². The Morgan fingerprint density at radius 2 is 1.84 bits per heavy atom. The first-order valence-electron chi connectivity index (χ1n) is 7.78. The van der Waals surface area contributed by atoms with Crippen LogP contribution in [0.1, 0.15) is 39.5 Å². The van der Waals surface area contributed by atoms with Crippen LogP contribution in [0.5, 0.6) is 0 Å². The molecule has 19 heavy (non-hydrogen) atoms. The highest BCUT2D eigenvalue weighted by atomic mass is 16.5. The molecular weight excluding hydrogens is 240 g/mol. The minimum atomic E-state index is 0.0265. The fourth-order valence-corrected chi connectivity index (χ4v) is 3.04. The van der Waals surface area contributed by atoms with Gasteiger partial charge in [-0.15, -0.1) is 0 Å². The minimum absolute atomic E-state index is 0.0265. The molecule has 2 aliphatic rings. The van der Waals surface area contributed by atoms with Gasteiger partial charge >= 0.3 is 5.97 Å². The zero-order valence-corrected chi connectivity index (χ0v) is 12.4. The van der Waals surface area contributed by atoms with Crippen molar-refractivity contribution in [3.8, 4) is 0 Å². The molecule has 2 saturated heterocycles. The summed E-state index contributed by atoms with van der Waals surface area (Å²) in [6.45, 7) is 9.12. The number of hydrogen-bond donors (Lipinski definition) is 1. The summed E-state index contributed by atoms with van der Waals surface area (Å²) in [6, 6.07) is 0.730. The molecule has 110 valence electrons. The maximum absolute atomic E-state index is 11.9. The van der Waals surface area contributed by atoms with Crippen LogP contribution in [0.3, 0.4) is 0 Å². The van der Waals surface area contributed by atoms with Crippen LogP contribution in [-0.2, 0) is 9.53 Å². The highest BCUT2D eigenvalue weighted by Crippen LogP contribution is 2.23. The second-order valence-corrected chi connectivity index (χ2v) is 6.32. The zero-order valence-electron chi connectivity index (χ0n) is 12.4. The van der Waals surface area contributed by atoms with E-state index in [1.54, 1.807) is 0 Å². The summed E-state index contributed by atoms with van der Waals surface area (Å²) in [5.74, 6) is 0.592. The van der Waals surface area contributed by atoms with E-state index in [0.717, 1.165) is 45.1 Å². The third kappa shape index (κ3) is 4.46. The second-order valence-electron chi connectivity index (χ2n) is 6.32. The fraction of sp³-hybridized carbons (Fsp3) is 0.933. The molecule has 2 fully saturated rings. The average molecular weight is 268 g/mol. The molecule has 0 unspecified atom stereocenters. The first kappa shape index (κ1) is 14.8. The Morgan fingerprint density at radius 3 is 2.42 bits per heavy atom. The van der Waals surface area contributed by atoms with Gasteiger partial charge in [0.05, 0.1) is 12.5 Å². The molecule has 0 spiro atoms. The Kier molecular flexibility index (Phi) is 5.64. The lowest BCUT2D eigenvalue weighted by atomic mass is 9.94. The quantitative estimate of drug-likeness (QED) is 0.787. The van der Waals surface area contributed by atoms with E-state index in [2.05, 4.69) is 24.1 Å². The SMILES string of the molecule is CC(C)COC(=O)C1CCN(C2CCNCC2)CC1. The largest absolute Gasteiger partial charge is 0.465 e. The van der Waals surface area contributed by atoms with Gasteiger partial charge in [-0.3, -0.25) is 4.79 Å². The molecular formula is C15H28N2O2. The van der Waals surface area contributed by atoms with E-state index in [1.165, 1.54) is 12.8 Å². The van der Waals surface area contributed by atoms with Crippen LogP contribution >= 0.6 is 0 Å². The molecule has 2 rings (SSSR count). The van der Waals surface area contributed by atoms with Crippen LogP contribution in [0.15, 0.2) is 0 Å². The molecule has 0 amide bonds. The van der Waals surface area contributed by atoms with E-state index in [9.17, 15) is 4.79 Å². The Balaban J connectivity index is 1.70. The van der Waals surface area contributed by atoms with Crippen LogP contribution in [-0.4, -0.2) is 49.7 Å². The van der Waals surface area contributed by atoms with Gasteiger partial charge in [-0.25, -0.2) is 0 Å². The van der Waals surface area contributed by atoms with Crippen molar-refractivity contribution in [1.82, 2.24) is 10.2 Å². The van der Waals surface area contributed by atoms with E-state index in [1.807, 2.05) is 0 Å². The van der Waals surface area contributed by atoms with Crippen LogP contribution in [0.25, 0.3) is 0 Å². The summed E-state index contributed by atoms with van der Waals surface area (Å²) in [5, 5.41) is 3.41. The molecule has 1 N–H and O–H groups in total.